The van der Waals surface area contributed by atoms with Gasteiger partial charge >= 0.3 is 0 Å². The number of aromatic nitrogens is 3. The molecule has 1 aromatic rings. The van der Waals surface area contributed by atoms with Crippen LogP contribution in [-0.4, -0.2) is 14.8 Å². The minimum absolute atomic E-state index is 0.187. The molecule has 1 aliphatic heterocycles. The van der Waals surface area contributed by atoms with Gasteiger partial charge in [0.15, 0.2) is 5.82 Å². The summed E-state index contributed by atoms with van der Waals surface area (Å²) in [4.78, 5) is 0. The van der Waals surface area contributed by atoms with E-state index in [9.17, 15) is 0 Å². The zero-order valence-electron chi connectivity index (χ0n) is 9.08. The Labute approximate surface area is 89.9 Å². The third-order valence-corrected chi connectivity index (χ3v) is 3.80. The van der Waals surface area contributed by atoms with Crippen LogP contribution in [0, 0.1) is 0 Å². The molecule has 0 unspecified atom stereocenters. The van der Waals surface area contributed by atoms with E-state index in [2.05, 4.69) is 14.8 Å². The summed E-state index contributed by atoms with van der Waals surface area (Å²) in [6.45, 7) is 1.07. The van der Waals surface area contributed by atoms with Crippen LogP contribution in [0.25, 0.3) is 0 Å². The van der Waals surface area contributed by atoms with Crippen molar-refractivity contribution >= 4 is 0 Å². The van der Waals surface area contributed by atoms with E-state index in [0.29, 0.717) is 0 Å². The van der Waals surface area contributed by atoms with Crippen molar-refractivity contribution in [3.8, 4) is 0 Å². The minimum Gasteiger partial charge on any atom is -0.319 e. The molecule has 1 saturated carbocycles. The molecule has 3 rings (SSSR count). The molecule has 15 heavy (non-hydrogen) atoms. The lowest BCUT2D eigenvalue weighted by Gasteiger charge is -2.32. The zero-order valence-corrected chi connectivity index (χ0v) is 9.08. The summed E-state index contributed by atoms with van der Waals surface area (Å²) in [5.41, 5.74) is 6.29. The summed E-state index contributed by atoms with van der Waals surface area (Å²) in [6.07, 6.45) is 8.21. The van der Waals surface area contributed by atoms with Crippen LogP contribution in [0.2, 0.25) is 0 Å². The molecule has 1 aliphatic carbocycles. The smallest absolute Gasteiger partial charge is 0.153 e. The van der Waals surface area contributed by atoms with E-state index >= 15 is 0 Å². The summed E-state index contributed by atoms with van der Waals surface area (Å²) >= 11 is 0. The van der Waals surface area contributed by atoms with Crippen molar-refractivity contribution in [2.45, 2.75) is 57.0 Å². The minimum atomic E-state index is -0.187. The van der Waals surface area contributed by atoms with Gasteiger partial charge in [0.05, 0.1) is 5.54 Å². The molecule has 0 aromatic carbocycles. The lowest BCUT2D eigenvalue weighted by Crippen LogP contribution is -2.41. The molecule has 0 amide bonds. The van der Waals surface area contributed by atoms with Crippen molar-refractivity contribution in [1.82, 2.24) is 14.8 Å². The van der Waals surface area contributed by atoms with Crippen LogP contribution < -0.4 is 5.73 Å². The SMILES string of the molecule is NC1(c2nnc3n2CCC3)CCCCC1. The van der Waals surface area contributed by atoms with Gasteiger partial charge in [-0.25, -0.2) is 0 Å². The fourth-order valence-electron chi connectivity index (χ4n) is 2.93. The van der Waals surface area contributed by atoms with Gasteiger partial charge in [0.1, 0.15) is 5.82 Å². The van der Waals surface area contributed by atoms with Gasteiger partial charge < -0.3 is 10.3 Å². The summed E-state index contributed by atoms with van der Waals surface area (Å²) < 4.78 is 2.26. The molecule has 2 N–H and O–H groups in total. The molecule has 2 heterocycles. The lowest BCUT2D eigenvalue weighted by molar-refractivity contribution is 0.278. The van der Waals surface area contributed by atoms with Crippen molar-refractivity contribution in [2.75, 3.05) is 0 Å². The number of fused-ring (bicyclic) bond motifs is 1. The zero-order chi connectivity index (χ0) is 10.3. The van der Waals surface area contributed by atoms with E-state index in [4.69, 9.17) is 5.73 Å². The van der Waals surface area contributed by atoms with Gasteiger partial charge in [0.2, 0.25) is 0 Å². The van der Waals surface area contributed by atoms with E-state index in [1.54, 1.807) is 0 Å². The maximum Gasteiger partial charge on any atom is 0.153 e. The molecule has 4 nitrogen and oxygen atoms in total. The lowest BCUT2D eigenvalue weighted by atomic mass is 9.82. The van der Waals surface area contributed by atoms with Crippen LogP contribution in [-0.2, 0) is 18.5 Å². The van der Waals surface area contributed by atoms with Crippen LogP contribution >= 0.6 is 0 Å². The maximum atomic E-state index is 6.47. The Morgan fingerprint density at radius 3 is 2.67 bits per heavy atom. The van der Waals surface area contributed by atoms with Crippen LogP contribution in [0.1, 0.15) is 50.2 Å². The Kier molecular flexibility index (Phi) is 2.06. The summed E-state index contributed by atoms with van der Waals surface area (Å²) in [6, 6.07) is 0. The van der Waals surface area contributed by atoms with Crippen LogP contribution in [0.15, 0.2) is 0 Å². The Balaban J connectivity index is 1.97. The predicted molar refractivity (Wildman–Crippen MR) is 57.3 cm³/mol. The number of nitrogens with zero attached hydrogens (tertiary/aromatic N) is 3. The largest absolute Gasteiger partial charge is 0.319 e. The average molecular weight is 206 g/mol. The standard InChI is InChI=1S/C11H18N4/c12-11(6-2-1-3-7-11)10-14-13-9-5-4-8-15(9)10/h1-8,12H2. The molecule has 82 valence electrons. The third-order valence-electron chi connectivity index (χ3n) is 3.80. The number of hydrogen-bond acceptors (Lipinski definition) is 3. The number of rotatable bonds is 1. The summed E-state index contributed by atoms with van der Waals surface area (Å²) in [5.74, 6) is 2.19. The molecule has 0 atom stereocenters. The van der Waals surface area contributed by atoms with Crippen molar-refractivity contribution in [3.63, 3.8) is 0 Å². The fourth-order valence-corrected chi connectivity index (χ4v) is 2.93. The van der Waals surface area contributed by atoms with Gasteiger partial charge in [-0.3, -0.25) is 0 Å². The van der Waals surface area contributed by atoms with E-state index in [1.807, 2.05) is 0 Å². The molecule has 0 saturated heterocycles. The Morgan fingerprint density at radius 1 is 1.07 bits per heavy atom. The Hall–Kier alpha value is -0.900. The Morgan fingerprint density at radius 2 is 1.87 bits per heavy atom. The highest BCUT2D eigenvalue weighted by atomic mass is 15.3. The molecule has 0 radical (unpaired) electrons. The van der Waals surface area contributed by atoms with Gasteiger partial charge in [-0.1, -0.05) is 19.3 Å². The topological polar surface area (TPSA) is 56.7 Å². The molecular weight excluding hydrogens is 188 g/mol. The van der Waals surface area contributed by atoms with Crippen molar-refractivity contribution in [1.29, 1.82) is 0 Å². The summed E-state index contributed by atoms with van der Waals surface area (Å²) in [5, 5.41) is 8.57. The first-order valence-electron chi connectivity index (χ1n) is 6.01. The summed E-state index contributed by atoms with van der Waals surface area (Å²) in [7, 11) is 0. The van der Waals surface area contributed by atoms with Crippen LogP contribution in [0.3, 0.4) is 0 Å². The third kappa shape index (κ3) is 1.39. The predicted octanol–water partition coefficient (Wildman–Crippen LogP) is 1.34. The number of aryl methyl sites for hydroxylation is 1. The highest BCUT2D eigenvalue weighted by molar-refractivity contribution is 5.11. The van der Waals surface area contributed by atoms with Crippen LogP contribution in [0.4, 0.5) is 0 Å². The maximum absolute atomic E-state index is 6.47. The molecule has 4 heteroatoms. The highest BCUT2D eigenvalue weighted by Crippen LogP contribution is 2.35. The van der Waals surface area contributed by atoms with E-state index < -0.39 is 0 Å². The monoisotopic (exact) mass is 206 g/mol. The normalized spacial score (nSPS) is 24.1. The molecule has 1 aromatic heterocycles. The number of hydrogen-bond donors (Lipinski definition) is 1. The van der Waals surface area contributed by atoms with Crippen molar-refractivity contribution in [2.24, 2.45) is 5.73 Å². The molecule has 1 fully saturated rings. The average Bonchev–Trinajstić information content (AvgIpc) is 2.78. The highest BCUT2D eigenvalue weighted by Gasteiger charge is 2.36. The Bertz CT molecular complexity index is 363. The van der Waals surface area contributed by atoms with E-state index in [1.165, 1.54) is 25.7 Å². The second-order valence-corrected chi connectivity index (χ2v) is 4.91. The van der Waals surface area contributed by atoms with Crippen molar-refractivity contribution < 1.29 is 0 Å². The van der Waals surface area contributed by atoms with E-state index in [-0.39, 0.29) is 5.54 Å². The molecule has 0 bridgehead atoms. The van der Waals surface area contributed by atoms with Gasteiger partial charge in [-0.05, 0) is 19.3 Å². The first kappa shape index (κ1) is 9.33. The number of nitrogens with two attached hydrogens (primary N) is 1. The van der Waals surface area contributed by atoms with Gasteiger partial charge in [0.25, 0.3) is 0 Å². The van der Waals surface area contributed by atoms with Crippen LogP contribution in [0.5, 0.6) is 0 Å². The van der Waals surface area contributed by atoms with E-state index in [0.717, 1.165) is 37.5 Å². The second kappa shape index (κ2) is 3.30. The first-order chi connectivity index (χ1) is 7.30. The first-order valence-corrected chi connectivity index (χ1v) is 6.01. The van der Waals surface area contributed by atoms with Gasteiger partial charge in [-0.2, -0.15) is 0 Å². The quantitative estimate of drug-likeness (QED) is 0.754. The molecular formula is C11H18N4. The fraction of sp³-hybridized carbons (Fsp3) is 0.818. The van der Waals surface area contributed by atoms with Crippen molar-refractivity contribution in [3.05, 3.63) is 11.6 Å². The second-order valence-electron chi connectivity index (χ2n) is 4.91. The molecule has 2 aliphatic rings. The molecule has 0 spiro atoms. The van der Waals surface area contributed by atoms with Gasteiger partial charge in [0, 0.05) is 13.0 Å². The van der Waals surface area contributed by atoms with Gasteiger partial charge in [-0.15, -0.1) is 10.2 Å².